The first-order valence-corrected chi connectivity index (χ1v) is 10.6. The van der Waals surface area contributed by atoms with E-state index < -0.39 is 17.0 Å². The lowest BCUT2D eigenvalue weighted by Gasteiger charge is -2.36. The van der Waals surface area contributed by atoms with Gasteiger partial charge < -0.3 is 24.7 Å². The van der Waals surface area contributed by atoms with Gasteiger partial charge in [0.25, 0.3) is 5.91 Å². The highest BCUT2D eigenvalue weighted by Gasteiger charge is 2.21. The molecule has 0 radical (unpaired) electrons. The Labute approximate surface area is 184 Å². The van der Waals surface area contributed by atoms with Gasteiger partial charge in [-0.25, -0.2) is 0 Å². The summed E-state index contributed by atoms with van der Waals surface area (Å²) in [6, 6.07) is 14.8. The lowest BCUT2D eigenvalue weighted by molar-refractivity contribution is -0.130. The van der Waals surface area contributed by atoms with Crippen molar-refractivity contribution in [2.24, 2.45) is 0 Å². The molecule has 2 heterocycles. The summed E-state index contributed by atoms with van der Waals surface area (Å²) in [5, 5.41) is 2.65. The summed E-state index contributed by atoms with van der Waals surface area (Å²) in [7, 11) is 0. The maximum atomic E-state index is 12.6. The van der Waals surface area contributed by atoms with Gasteiger partial charge >= 0.3 is 11.1 Å². The molecule has 1 aliphatic heterocycles. The zero-order valence-corrected chi connectivity index (χ0v) is 17.8. The molecule has 1 aromatic heterocycles. The molecule has 3 aromatic rings. The van der Waals surface area contributed by atoms with Crippen molar-refractivity contribution < 1.29 is 9.59 Å². The summed E-state index contributed by atoms with van der Waals surface area (Å²) < 4.78 is 1.36. The van der Waals surface area contributed by atoms with Gasteiger partial charge in [0, 0.05) is 44.0 Å². The number of carbonyl (C=O) groups is 2. The van der Waals surface area contributed by atoms with E-state index >= 15 is 0 Å². The number of aromatic amines is 1. The third kappa shape index (κ3) is 4.27. The van der Waals surface area contributed by atoms with Crippen molar-refractivity contribution in [3.63, 3.8) is 0 Å². The third-order valence-electron chi connectivity index (χ3n) is 5.71. The van der Waals surface area contributed by atoms with Crippen LogP contribution in [-0.4, -0.2) is 59.0 Å². The minimum Gasteiger partial charge on any atom is -0.368 e. The van der Waals surface area contributed by atoms with Crippen LogP contribution in [0.1, 0.15) is 17.3 Å². The molecule has 0 aliphatic carbocycles. The van der Waals surface area contributed by atoms with E-state index in [1.165, 1.54) is 10.6 Å². The summed E-state index contributed by atoms with van der Waals surface area (Å²) in [5.41, 5.74) is 1.01. The standard InChI is InChI=1S/C23H25N5O4/c1-2-28-19-9-8-16(14-18(19)25-22(31)23(28)32)21(30)24-15-20(29)27-12-10-26(11-13-27)17-6-4-3-5-7-17/h3-9,14H,2,10-13,15H2,1H3,(H,24,30)(H,25,31). The molecule has 32 heavy (non-hydrogen) atoms. The number of H-pyrrole nitrogens is 1. The van der Waals surface area contributed by atoms with Crippen LogP contribution in [-0.2, 0) is 11.3 Å². The zero-order chi connectivity index (χ0) is 22.7. The minimum atomic E-state index is -0.735. The Kier molecular flexibility index (Phi) is 6.07. The van der Waals surface area contributed by atoms with Crippen molar-refractivity contribution in [3.8, 4) is 0 Å². The largest absolute Gasteiger partial charge is 0.368 e. The quantitative estimate of drug-likeness (QED) is 0.576. The second kappa shape index (κ2) is 9.09. The normalized spacial score (nSPS) is 13.9. The van der Waals surface area contributed by atoms with Gasteiger partial charge in [-0.2, -0.15) is 0 Å². The number of benzene rings is 2. The molecule has 2 amide bonds. The Balaban J connectivity index is 1.37. The molecule has 0 spiro atoms. The van der Waals surface area contributed by atoms with E-state index in [1.54, 1.807) is 24.0 Å². The van der Waals surface area contributed by atoms with E-state index in [0.29, 0.717) is 36.2 Å². The summed E-state index contributed by atoms with van der Waals surface area (Å²) in [6.45, 7) is 4.67. The van der Waals surface area contributed by atoms with Crippen molar-refractivity contribution in [1.29, 1.82) is 0 Å². The van der Waals surface area contributed by atoms with Crippen molar-refractivity contribution in [3.05, 3.63) is 74.8 Å². The molecule has 0 atom stereocenters. The summed E-state index contributed by atoms with van der Waals surface area (Å²) in [5.74, 6) is -0.557. The molecule has 1 aliphatic rings. The predicted octanol–water partition coefficient (Wildman–Crippen LogP) is 0.788. The number of hydrogen-bond acceptors (Lipinski definition) is 5. The predicted molar refractivity (Wildman–Crippen MR) is 122 cm³/mol. The molecule has 9 nitrogen and oxygen atoms in total. The first-order chi connectivity index (χ1) is 15.5. The number of anilines is 1. The molecular formula is C23H25N5O4. The second-order valence-electron chi connectivity index (χ2n) is 7.62. The van der Waals surface area contributed by atoms with Gasteiger partial charge in [-0.05, 0) is 37.3 Å². The molecular weight excluding hydrogens is 410 g/mol. The van der Waals surface area contributed by atoms with Crippen LogP contribution in [0, 0.1) is 0 Å². The molecule has 166 valence electrons. The number of amides is 2. The van der Waals surface area contributed by atoms with E-state index in [0.717, 1.165) is 18.8 Å². The SMILES string of the molecule is CCn1c(=O)c(=O)[nH]c2cc(C(=O)NCC(=O)N3CCN(c4ccccc4)CC3)ccc21. The van der Waals surface area contributed by atoms with Crippen LogP contribution in [0.4, 0.5) is 5.69 Å². The van der Waals surface area contributed by atoms with E-state index in [9.17, 15) is 19.2 Å². The minimum absolute atomic E-state index is 0.104. The van der Waals surface area contributed by atoms with Crippen molar-refractivity contribution in [2.75, 3.05) is 37.6 Å². The molecule has 0 unspecified atom stereocenters. The number of piperazine rings is 1. The van der Waals surface area contributed by atoms with Crippen LogP contribution < -0.4 is 21.3 Å². The summed E-state index contributed by atoms with van der Waals surface area (Å²) >= 11 is 0. The number of carbonyl (C=O) groups excluding carboxylic acids is 2. The number of rotatable bonds is 5. The Morgan fingerprint density at radius 2 is 1.72 bits per heavy atom. The van der Waals surface area contributed by atoms with Crippen LogP contribution >= 0.6 is 0 Å². The van der Waals surface area contributed by atoms with Crippen molar-refractivity contribution >= 4 is 28.5 Å². The fraction of sp³-hybridized carbons (Fsp3) is 0.304. The fourth-order valence-electron chi connectivity index (χ4n) is 3.96. The molecule has 2 N–H and O–H groups in total. The van der Waals surface area contributed by atoms with E-state index in [1.807, 2.05) is 30.3 Å². The third-order valence-corrected chi connectivity index (χ3v) is 5.71. The number of fused-ring (bicyclic) bond motifs is 1. The van der Waals surface area contributed by atoms with E-state index in [2.05, 4.69) is 15.2 Å². The lowest BCUT2D eigenvalue weighted by atomic mass is 10.1. The fourth-order valence-corrected chi connectivity index (χ4v) is 3.96. The molecule has 0 saturated carbocycles. The van der Waals surface area contributed by atoms with Crippen LogP contribution in [0.25, 0.3) is 11.0 Å². The Hall–Kier alpha value is -3.88. The Morgan fingerprint density at radius 3 is 2.41 bits per heavy atom. The Morgan fingerprint density at radius 1 is 1.00 bits per heavy atom. The van der Waals surface area contributed by atoms with Crippen LogP contribution in [0.5, 0.6) is 0 Å². The van der Waals surface area contributed by atoms with E-state index in [-0.39, 0.29) is 12.5 Å². The first kappa shape index (κ1) is 21.4. The van der Waals surface area contributed by atoms with Gasteiger partial charge in [0.15, 0.2) is 0 Å². The molecule has 9 heteroatoms. The monoisotopic (exact) mass is 435 g/mol. The lowest BCUT2D eigenvalue weighted by Crippen LogP contribution is -2.51. The molecule has 2 aromatic carbocycles. The number of nitrogens with one attached hydrogen (secondary N) is 2. The van der Waals surface area contributed by atoms with Crippen molar-refractivity contribution in [1.82, 2.24) is 19.8 Å². The number of aryl methyl sites for hydroxylation is 1. The highest BCUT2D eigenvalue weighted by molar-refractivity contribution is 5.99. The maximum absolute atomic E-state index is 12.6. The van der Waals surface area contributed by atoms with E-state index in [4.69, 9.17) is 0 Å². The van der Waals surface area contributed by atoms with Gasteiger partial charge in [0.1, 0.15) is 0 Å². The molecule has 1 saturated heterocycles. The first-order valence-electron chi connectivity index (χ1n) is 10.6. The highest BCUT2D eigenvalue weighted by Crippen LogP contribution is 2.15. The van der Waals surface area contributed by atoms with Gasteiger partial charge in [0.05, 0.1) is 17.6 Å². The van der Waals surface area contributed by atoms with Gasteiger partial charge in [-0.3, -0.25) is 19.2 Å². The Bertz CT molecular complexity index is 1260. The highest BCUT2D eigenvalue weighted by atomic mass is 16.2. The van der Waals surface area contributed by atoms with Crippen LogP contribution in [0.3, 0.4) is 0 Å². The number of para-hydroxylation sites is 1. The number of aromatic nitrogens is 2. The smallest absolute Gasteiger partial charge is 0.316 e. The number of nitrogens with zero attached hydrogens (tertiary/aromatic N) is 3. The average molecular weight is 435 g/mol. The van der Waals surface area contributed by atoms with Gasteiger partial charge in [0.2, 0.25) is 5.91 Å². The van der Waals surface area contributed by atoms with Crippen molar-refractivity contribution in [2.45, 2.75) is 13.5 Å². The topological polar surface area (TPSA) is 108 Å². The second-order valence-corrected chi connectivity index (χ2v) is 7.62. The summed E-state index contributed by atoms with van der Waals surface area (Å²) in [4.78, 5) is 55.4. The van der Waals surface area contributed by atoms with Gasteiger partial charge in [-0.1, -0.05) is 18.2 Å². The number of hydrogen-bond donors (Lipinski definition) is 2. The van der Waals surface area contributed by atoms with Crippen LogP contribution in [0.15, 0.2) is 58.1 Å². The molecule has 1 fully saturated rings. The average Bonchev–Trinajstić information content (AvgIpc) is 2.83. The van der Waals surface area contributed by atoms with Crippen LogP contribution in [0.2, 0.25) is 0 Å². The molecule has 4 rings (SSSR count). The zero-order valence-electron chi connectivity index (χ0n) is 17.8. The molecule has 0 bridgehead atoms. The maximum Gasteiger partial charge on any atom is 0.316 e. The van der Waals surface area contributed by atoms with Gasteiger partial charge in [-0.15, -0.1) is 0 Å². The summed E-state index contributed by atoms with van der Waals surface area (Å²) in [6.07, 6.45) is 0.